The Balaban J connectivity index is 2.20. The zero-order valence-electron chi connectivity index (χ0n) is 9.73. The molecule has 1 rings (SSSR count). The molecule has 0 saturated carbocycles. The van der Waals surface area contributed by atoms with Crippen molar-refractivity contribution in [1.82, 2.24) is 0 Å². The van der Waals surface area contributed by atoms with E-state index < -0.39 is 15.8 Å². The Morgan fingerprint density at radius 3 is 2.61 bits per heavy atom. The van der Waals surface area contributed by atoms with E-state index in [1.54, 1.807) is 0 Å². The molecule has 0 bridgehead atoms. The monoisotopic (exact) mass is 295 g/mol. The van der Waals surface area contributed by atoms with Gasteiger partial charge in [0.15, 0.2) is 0 Å². The van der Waals surface area contributed by atoms with Crippen LogP contribution in [0.5, 0.6) is 5.75 Å². The van der Waals surface area contributed by atoms with Crippen molar-refractivity contribution in [3.05, 3.63) is 29.0 Å². The van der Waals surface area contributed by atoms with Crippen LogP contribution in [0.2, 0.25) is 5.02 Å². The predicted molar refractivity (Wildman–Crippen MR) is 68.7 cm³/mol. The molecule has 0 heterocycles. The van der Waals surface area contributed by atoms with E-state index in [-0.39, 0.29) is 10.8 Å². The maximum atomic E-state index is 12.8. The molecule has 0 aromatic heterocycles. The fourth-order valence-electron chi connectivity index (χ4n) is 1.34. The van der Waals surface area contributed by atoms with Crippen LogP contribution in [0.3, 0.4) is 0 Å². The molecule has 1 aromatic rings. The fraction of sp³-hybridized carbons (Fsp3) is 0.455. The standard InChI is InChI=1S/C11H15ClFNO3S/c12-10-8-9(4-5-11(10)13)17-6-2-1-3-7-18(14,15)16/h4-5,8H,1-3,6-7H2,(H2,14,15,16). The van der Waals surface area contributed by atoms with Gasteiger partial charge in [0.05, 0.1) is 17.4 Å². The molecule has 0 aliphatic heterocycles. The van der Waals surface area contributed by atoms with Gasteiger partial charge in [-0.1, -0.05) is 11.6 Å². The first-order valence-corrected chi connectivity index (χ1v) is 7.56. The van der Waals surface area contributed by atoms with Crippen LogP contribution in [-0.4, -0.2) is 20.8 Å². The normalized spacial score (nSPS) is 11.5. The predicted octanol–water partition coefficient (Wildman–Crippen LogP) is 2.32. The summed E-state index contributed by atoms with van der Waals surface area (Å²) >= 11 is 5.59. The minimum absolute atomic E-state index is 0.0155. The van der Waals surface area contributed by atoms with Gasteiger partial charge in [0.1, 0.15) is 11.6 Å². The number of rotatable bonds is 7. The fourth-order valence-corrected chi connectivity index (χ4v) is 2.12. The second kappa shape index (κ2) is 6.92. The van der Waals surface area contributed by atoms with Crippen LogP contribution >= 0.6 is 11.6 Å². The molecule has 0 radical (unpaired) electrons. The number of sulfonamides is 1. The van der Waals surface area contributed by atoms with Crippen molar-refractivity contribution >= 4 is 21.6 Å². The number of primary sulfonamides is 1. The topological polar surface area (TPSA) is 69.4 Å². The third-order valence-corrected chi connectivity index (χ3v) is 3.38. The van der Waals surface area contributed by atoms with Crippen LogP contribution in [0.4, 0.5) is 4.39 Å². The van der Waals surface area contributed by atoms with Gasteiger partial charge < -0.3 is 4.74 Å². The minimum Gasteiger partial charge on any atom is -0.494 e. The van der Waals surface area contributed by atoms with E-state index >= 15 is 0 Å². The molecule has 0 amide bonds. The van der Waals surface area contributed by atoms with Gasteiger partial charge in [-0.3, -0.25) is 0 Å². The highest BCUT2D eigenvalue weighted by Gasteiger charge is 2.03. The quantitative estimate of drug-likeness (QED) is 0.785. The summed E-state index contributed by atoms with van der Waals surface area (Å²) in [5, 5.41) is 4.88. The smallest absolute Gasteiger partial charge is 0.209 e. The van der Waals surface area contributed by atoms with Crippen molar-refractivity contribution in [3.63, 3.8) is 0 Å². The van der Waals surface area contributed by atoms with Crippen molar-refractivity contribution in [2.75, 3.05) is 12.4 Å². The molecule has 1 aromatic carbocycles. The number of halogens is 2. The van der Waals surface area contributed by atoms with Crippen molar-refractivity contribution in [2.24, 2.45) is 5.14 Å². The molecular formula is C11H15ClFNO3S. The largest absolute Gasteiger partial charge is 0.494 e. The Kier molecular flexibility index (Phi) is 5.84. The van der Waals surface area contributed by atoms with Crippen LogP contribution in [0.1, 0.15) is 19.3 Å². The summed E-state index contributed by atoms with van der Waals surface area (Å²) in [7, 11) is -3.37. The van der Waals surface area contributed by atoms with Crippen LogP contribution in [-0.2, 0) is 10.0 Å². The van der Waals surface area contributed by atoms with Crippen LogP contribution < -0.4 is 9.88 Å². The van der Waals surface area contributed by atoms with Gasteiger partial charge in [-0.25, -0.2) is 17.9 Å². The molecular weight excluding hydrogens is 281 g/mol. The lowest BCUT2D eigenvalue weighted by atomic mass is 10.2. The Hall–Kier alpha value is -0.850. The van der Waals surface area contributed by atoms with E-state index in [1.165, 1.54) is 18.2 Å². The number of hydrogen-bond donors (Lipinski definition) is 1. The Bertz CT molecular complexity index is 493. The lowest BCUT2D eigenvalue weighted by molar-refractivity contribution is 0.306. The molecule has 2 N–H and O–H groups in total. The van der Waals surface area contributed by atoms with Gasteiger partial charge in [-0.2, -0.15) is 0 Å². The van der Waals surface area contributed by atoms with E-state index in [4.69, 9.17) is 21.5 Å². The second-order valence-electron chi connectivity index (χ2n) is 3.85. The van der Waals surface area contributed by atoms with Gasteiger partial charge in [-0.05, 0) is 31.4 Å². The minimum atomic E-state index is -3.37. The number of nitrogens with two attached hydrogens (primary N) is 1. The van der Waals surface area contributed by atoms with Crippen molar-refractivity contribution in [1.29, 1.82) is 0 Å². The van der Waals surface area contributed by atoms with Crippen LogP contribution in [0, 0.1) is 5.82 Å². The summed E-state index contributed by atoms with van der Waals surface area (Å²) in [6.45, 7) is 0.423. The molecule has 4 nitrogen and oxygen atoms in total. The molecule has 102 valence electrons. The summed E-state index contributed by atoms with van der Waals surface area (Å²) in [6.07, 6.45) is 1.90. The molecule has 0 spiro atoms. The number of ether oxygens (including phenoxy) is 1. The summed E-state index contributed by atoms with van der Waals surface area (Å²) in [5.41, 5.74) is 0. The van der Waals surface area contributed by atoms with E-state index in [0.717, 1.165) is 0 Å². The molecule has 0 saturated heterocycles. The first kappa shape index (κ1) is 15.2. The summed E-state index contributed by atoms with van der Waals surface area (Å²) in [4.78, 5) is 0. The maximum absolute atomic E-state index is 12.8. The van der Waals surface area contributed by atoms with E-state index in [2.05, 4.69) is 0 Å². The van der Waals surface area contributed by atoms with Crippen molar-refractivity contribution < 1.29 is 17.5 Å². The number of benzene rings is 1. The zero-order chi connectivity index (χ0) is 13.6. The molecule has 0 aliphatic rings. The average Bonchev–Trinajstić information content (AvgIpc) is 2.26. The van der Waals surface area contributed by atoms with Crippen molar-refractivity contribution in [2.45, 2.75) is 19.3 Å². The maximum Gasteiger partial charge on any atom is 0.209 e. The van der Waals surface area contributed by atoms with E-state index in [0.29, 0.717) is 31.6 Å². The average molecular weight is 296 g/mol. The highest BCUT2D eigenvalue weighted by atomic mass is 35.5. The molecule has 18 heavy (non-hydrogen) atoms. The van der Waals surface area contributed by atoms with E-state index in [9.17, 15) is 12.8 Å². The summed E-state index contributed by atoms with van der Waals surface area (Å²) < 4.78 is 39.5. The Morgan fingerprint density at radius 2 is 2.00 bits per heavy atom. The molecule has 7 heteroatoms. The third-order valence-electron chi connectivity index (χ3n) is 2.23. The number of unbranched alkanes of at least 4 members (excludes halogenated alkanes) is 2. The number of hydrogen-bond acceptors (Lipinski definition) is 3. The van der Waals surface area contributed by atoms with Gasteiger partial charge in [-0.15, -0.1) is 0 Å². The molecule has 0 fully saturated rings. The Labute approximate surface area is 111 Å². The SMILES string of the molecule is NS(=O)(=O)CCCCCOc1ccc(F)c(Cl)c1. The van der Waals surface area contributed by atoms with Crippen molar-refractivity contribution in [3.8, 4) is 5.75 Å². The molecule has 0 unspecified atom stereocenters. The van der Waals surface area contributed by atoms with E-state index in [1.807, 2.05) is 0 Å². The zero-order valence-corrected chi connectivity index (χ0v) is 11.3. The molecule has 0 aliphatic carbocycles. The van der Waals surface area contributed by atoms with Crippen LogP contribution in [0.15, 0.2) is 18.2 Å². The summed E-state index contributed by atoms with van der Waals surface area (Å²) in [5.74, 6) is -0.0138. The van der Waals surface area contributed by atoms with Gasteiger partial charge in [0.25, 0.3) is 0 Å². The lowest BCUT2D eigenvalue weighted by Gasteiger charge is -2.06. The first-order valence-electron chi connectivity index (χ1n) is 5.47. The van der Waals surface area contributed by atoms with Gasteiger partial charge in [0.2, 0.25) is 10.0 Å². The third kappa shape index (κ3) is 6.18. The highest BCUT2D eigenvalue weighted by molar-refractivity contribution is 7.89. The van der Waals surface area contributed by atoms with Gasteiger partial charge >= 0.3 is 0 Å². The van der Waals surface area contributed by atoms with Gasteiger partial charge in [0, 0.05) is 6.07 Å². The highest BCUT2D eigenvalue weighted by Crippen LogP contribution is 2.21. The molecule has 0 atom stereocenters. The summed E-state index contributed by atoms with van der Waals surface area (Å²) in [6, 6.07) is 4.13. The lowest BCUT2D eigenvalue weighted by Crippen LogP contribution is -2.16. The first-order chi connectivity index (χ1) is 8.38. The Morgan fingerprint density at radius 1 is 1.28 bits per heavy atom. The second-order valence-corrected chi connectivity index (χ2v) is 5.99. The van der Waals surface area contributed by atoms with Crippen LogP contribution in [0.25, 0.3) is 0 Å².